The average Bonchev–Trinajstić information content (AvgIpc) is 2.93. The lowest BCUT2D eigenvalue weighted by atomic mass is 10.1. The lowest BCUT2D eigenvalue weighted by Crippen LogP contribution is -2.45. The molecule has 2 aromatic carbocycles. The Morgan fingerprint density at radius 2 is 1.66 bits per heavy atom. The van der Waals surface area contributed by atoms with E-state index in [1.807, 2.05) is 11.0 Å². The number of thiocarbonyl (C=S) groups is 1. The number of nitrogens with one attached hydrogen (secondary N) is 2. The number of esters is 1. The van der Waals surface area contributed by atoms with Crippen LogP contribution in [0.3, 0.4) is 0 Å². The lowest BCUT2D eigenvalue weighted by Gasteiger charge is -2.35. The summed E-state index contributed by atoms with van der Waals surface area (Å²) in [5.41, 5.74) is 2.18. The van der Waals surface area contributed by atoms with Crippen LogP contribution in [0.4, 0.5) is 22.7 Å². The zero-order valence-electron chi connectivity index (χ0n) is 21.3. The number of hydrogen-bond donors (Lipinski definition) is 2. The van der Waals surface area contributed by atoms with Crippen molar-refractivity contribution < 1.29 is 24.0 Å². The minimum Gasteiger partial charge on any atom is -0.465 e. The predicted molar refractivity (Wildman–Crippen MR) is 147 cm³/mol. The van der Waals surface area contributed by atoms with Gasteiger partial charge in [-0.25, -0.2) is 4.79 Å². The molecule has 12 nitrogen and oxygen atoms in total. The van der Waals surface area contributed by atoms with Crippen molar-refractivity contribution in [3.05, 3.63) is 57.6 Å². The standard InChI is InChI=1S/C25H30N6O6S/c1-28-7-9-29(10-8-28)22-5-3-17(24(33)36-2)15-20(22)26-25(38)27-23(32)19-16-18(31(34)35)4-6-21(19)30-11-13-37-14-12-30/h3-6,15-16H,7-14H2,1-2H3,(H2,26,27,32,38). The molecule has 2 N–H and O–H groups in total. The van der Waals surface area contributed by atoms with Crippen LogP contribution in [0.25, 0.3) is 0 Å². The van der Waals surface area contributed by atoms with Crippen molar-refractivity contribution >= 4 is 52.0 Å². The highest BCUT2D eigenvalue weighted by molar-refractivity contribution is 7.80. The van der Waals surface area contributed by atoms with Crippen molar-refractivity contribution in [2.45, 2.75) is 0 Å². The number of nitro benzene ring substituents is 1. The van der Waals surface area contributed by atoms with Crippen LogP contribution in [0.2, 0.25) is 0 Å². The molecule has 2 aromatic rings. The van der Waals surface area contributed by atoms with Crippen molar-refractivity contribution in [2.24, 2.45) is 0 Å². The van der Waals surface area contributed by atoms with E-state index in [-0.39, 0.29) is 16.4 Å². The van der Waals surface area contributed by atoms with Crippen LogP contribution < -0.4 is 20.4 Å². The van der Waals surface area contributed by atoms with E-state index < -0.39 is 16.8 Å². The summed E-state index contributed by atoms with van der Waals surface area (Å²) in [7, 11) is 3.36. The first kappa shape index (κ1) is 27.2. The molecule has 0 aliphatic carbocycles. The first-order chi connectivity index (χ1) is 18.3. The monoisotopic (exact) mass is 542 g/mol. The minimum absolute atomic E-state index is 0.00757. The van der Waals surface area contributed by atoms with Crippen molar-refractivity contribution in [1.82, 2.24) is 10.2 Å². The van der Waals surface area contributed by atoms with Crippen molar-refractivity contribution in [1.29, 1.82) is 0 Å². The van der Waals surface area contributed by atoms with E-state index in [4.69, 9.17) is 21.7 Å². The number of carbonyl (C=O) groups is 2. The van der Waals surface area contributed by atoms with Gasteiger partial charge in [-0.2, -0.15) is 0 Å². The van der Waals surface area contributed by atoms with Gasteiger partial charge in [-0.15, -0.1) is 0 Å². The van der Waals surface area contributed by atoms with E-state index >= 15 is 0 Å². The van der Waals surface area contributed by atoms with E-state index in [0.717, 1.165) is 31.9 Å². The number of ether oxygens (including phenoxy) is 2. The first-order valence-electron chi connectivity index (χ1n) is 12.2. The summed E-state index contributed by atoms with van der Waals surface area (Å²) in [6.07, 6.45) is 0. The number of amides is 1. The van der Waals surface area contributed by atoms with Gasteiger partial charge in [0.1, 0.15) is 0 Å². The third-order valence-electron chi connectivity index (χ3n) is 6.52. The molecule has 0 spiro atoms. The maximum absolute atomic E-state index is 13.3. The summed E-state index contributed by atoms with van der Waals surface area (Å²) >= 11 is 5.46. The lowest BCUT2D eigenvalue weighted by molar-refractivity contribution is -0.384. The van der Waals surface area contributed by atoms with Crippen LogP contribution in [-0.2, 0) is 9.47 Å². The molecule has 2 aliphatic rings. The number of methoxy groups -OCH3 is 1. The molecule has 0 bridgehead atoms. The molecule has 4 rings (SSSR count). The highest BCUT2D eigenvalue weighted by atomic mass is 32.1. The summed E-state index contributed by atoms with van der Waals surface area (Å²) in [6.45, 7) is 5.38. The molecule has 2 saturated heterocycles. The fourth-order valence-electron chi connectivity index (χ4n) is 4.43. The second-order valence-corrected chi connectivity index (χ2v) is 9.39. The zero-order chi connectivity index (χ0) is 27.2. The summed E-state index contributed by atoms with van der Waals surface area (Å²) in [5.74, 6) is -1.09. The molecule has 13 heteroatoms. The molecule has 0 atom stereocenters. The molecular formula is C25H30N6O6S. The summed E-state index contributed by atoms with van der Waals surface area (Å²) < 4.78 is 10.3. The number of nitrogens with zero attached hydrogens (tertiary/aromatic N) is 4. The Bertz CT molecular complexity index is 1230. The maximum atomic E-state index is 13.3. The SMILES string of the molecule is COC(=O)c1ccc(N2CCN(C)CC2)c(NC(=S)NC(=O)c2cc([N+](=O)[O-])ccc2N2CCOCC2)c1. The number of hydrogen-bond acceptors (Lipinski definition) is 10. The van der Waals surface area contributed by atoms with E-state index in [1.165, 1.54) is 19.2 Å². The average molecular weight is 543 g/mol. The normalized spacial score (nSPS) is 16.1. The minimum atomic E-state index is -0.585. The second kappa shape index (κ2) is 12.2. The van der Waals surface area contributed by atoms with Gasteiger partial charge in [-0.05, 0) is 43.5 Å². The van der Waals surface area contributed by atoms with Crippen LogP contribution in [0.5, 0.6) is 0 Å². The van der Waals surface area contributed by atoms with Crippen LogP contribution in [0.15, 0.2) is 36.4 Å². The third kappa shape index (κ3) is 6.36. The van der Waals surface area contributed by atoms with E-state index in [9.17, 15) is 19.7 Å². The Morgan fingerprint density at radius 3 is 2.32 bits per heavy atom. The smallest absolute Gasteiger partial charge is 0.337 e. The number of carbonyl (C=O) groups excluding carboxylic acids is 2. The molecular weight excluding hydrogens is 512 g/mol. The number of rotatable bonds is 6. The fourth-order valence-corrected chi connectivity index (χ4v) is 4.63. The predicted octanol–water partition coefficient (Wildman–Crippen LogP) is 2.10. The van der Waals surface area contributed by atoms with Crippen molar-refractivity contribution in [3.8, 4) is 0 Å². The van der Waals surface area contributed by atoms with Gasteiger partial charge in [0.25, 0.3) is 11.6 Å². The van der Waals surface area contributed by atoms with Gasteiger partial charge in [0.05, 0.1) is 53.4 Å². The molecule has 2 heterocycles. The molecule has 1 amide bonds. The molecule has 0 radical (unpaired) electrons. The Kier molecular flexibility index (Phi) is 8.71. The van der Waals surface area contributed by atoms with Gasteiger partial charge in [-0.3, -0.25) is 20.2 Å². The Morgan fingerprint density at radius 1 is 1.00 bits per heavy atom. The highest BCUT2D eigenvalue weighted by Crippen LogP contribution is 2.29. The molecule has 0 aromatic heterocycles. The number of morpholine rings is 1. The van der Waals surface area contributed by atoms with Crippen molar-refractivity contribution in [3.63, 3.8) is 0 Å². The summed E-state index contributed by atoms with van der Waals surface area (Å²) in [6, 6.07) is 9.32. The van der Waals surface area contributed by atoms with Gasteiger partial charge in [0, 0.05) is 51.4 Å². The number of non-ortho nitro benzene ring substituents is 1. The number of piperazine rings is 1. The van der Waals surface area contributed by atoms with E-state index in [1.54, 1.807) is 18.2 Å². The van der Waals surface area contributed by atoms with Gasteiger partial charge in [0.15, 0.2) is 5.11 Å². The molecule has 202 valence electrons. The second-order valence-electron chi connectivity index (χ2n) is 8.98. The van der Waals surface area contributed by atoms with E-state index in [0.29, 0.717) is 43.2 Å². The van der Waals surface area contributed by atoms with Gasteiger partial charge in [-0.1, -0.05) is 0 Å². The molecule has 0 unspecified atom stereocenters. The molecule has 2 aliphatic heterocycles. The number of likely N-dealkylation sites (N-methyl/N-ethyl adjacent to an activating group) is 1. The Labute approximate surface area is 225 Å². The first-order valence-corrected chi connectivity index (χ1v) is 12.6. The summed E-state index contributed by atoms with van der Waals surface area (Å²) in [5, 5.41) is 17.1. The largest absolute Gasteiger partial charge is 0.465 e. The number of benzene rings is 2. The number of nitro groups is 1. The molecule has 38 heavy (non-hydrogen) atoms. The quantitative estimate of drug-likeness (QED) is 0.241. The number of anilines is 3. The topological polar surface area (TPSA) is 130 Å². The third-order valence-corrected chi connectivity index (χ3v) is 6.73. The van der Waals surface area contributed by atoms with Gasteiger partial charge < -0.3 is 29.5 Å². The molecule has 0 saturated carbocycles. The Balaban J connectivity index is 1.58. The van der Waals surface area contributed by atoms with Gasteiger partial charge in [0.2, 0.25) is 0 Å². The van der Waals surface area contributed by atoms with Crippen molar-refractivity contribution in [2.75, 3.05) is 81.8 Å². The maximum Gasteiger partial charge on any atom is 0.337 e. The van der Waals surface area contributed by atoms with Crippen LogP contribution in [-0.4, -0.2) is 93.5 Å². The Hall–Kier alpha value is -3.81. The van der Waals surface area contributed by atoms with E-state index in [2.05, 4.69) is 27.5 Å². The van der Waals surface area contributed by atoms with Gasteiger partial charge >= 0.3 is 5.97 Å². The molecule has 2 fully saturated rings. The highest BCUT2D eigenvalue weighted by Gasteiger charge is 2.24. The fraction of sp³-hybridized carbons (Fsp3) is 0.400. The van der Waals surface area contributed by atoms with Crippen LogP contribution in [0.1, 0.15) is 20.7 Å². The summed E-state index contributed by atoms with van der Waals surface area (Å²) in [4.78, 5) is 42.7. The zero-order valence-corrected chi connectivity index (χ0v) is 22.1. The van der Waals surface area contributed by atoms with Crippen LogP contribution >= 0.6 is 12.2 Å². The van der Waals surface area contributed by atoms with Crippen LogP contribution in [0, 0.1) is 10.1 Å².